The summed E-state index contributed by atoms with van der Waals surface area (Å²) in [5.74, 6) is -0.502. The molecule has 0 amide bonds. The van der Waals surface area contributed by atoms with E-state index in [0.717, 1.165) is 36.1 Å². The number of hydrogen-bond acceptors (Lipinski definition) is 3. The number of nitrogens with two attached hydrogens (primary N) is 1. The summed E-state index contributed by atoms with van der Waals surface area (Å²) in [5.41, 5.74) is 7.51. The van der Waals surface area contributed by atoms with Crippen molar-refractivity contribution in [2.45, 2.75) is 37.2 Å². The first-order valence-electron chi connectivity index (χ1n) is 8.18. The Morgan fingerprint density at radius 3 is 2.65 bits per heavy atom. The highest BCUT2D eigenvalue weighted by molar-refractivity contribution is 7.88. The maximum atomic E-state index is 12.8. The first-order valence-corrected chi connectivity index (χ1v) is 9.84. The molecule has 0 spiro atoms. The third kappa shape index (κ3) is 4.37. The van der Waals surface area contributed by atoms with Gasteiger partial charge < -0.3 is 5.73 Å². The van der Waals surface area contributed by atoms with E-state index in [2.05, 4.69) is 4.72 Å². The Kier molecular flexibility index (Phi) is 4.98. The van der Waals surface area contributed by atoms with Crippen LogP contribution in [0.4, 0.5) is 18.9 Å². The molecule has 2 aromatic carbocycles. The molecule has 1 aliphatic carbocycles. The van der Waals surface area contributed by atoms with Crippen LogP contribution in [0.3, 0.4) is 0 Å². The Hall–Kier alpha value is -2.06. The van der Waals surface area contributed by atoms with Gasteiger partial charge in [0, 0.05) is 11.7 Å². The number of nitrogen functional groups attached to an aromatic ring is 1. The zero-order valence-electron chi connectivity index (χ0n) is 13.9. The number of aryl methyl sites for hydroxylation is 1. The van der Waals surface area contributed by atoms with Crippen molar-refractivity contribution >= 4 is 15.7 Å². The van der Waals surface area contributed by atoms with E-state index in [1.54, 1.807) is 12.1 Å². The Morgan fingerprint density at radius 1 is 1.15 bits per heavy atom. The summed E-state index contributed by atoms with van der Waals surface area (Å²) in [7, 11) is -3.80. The fraction of sp³-hybridized carbons (Fsp3) is 0.333. The van der Waals surface area contributed by atoms with Gasteiger partial charge in [-0.25, -0.2) is 13.1 Å². The number of sulfonamides is 1. The summed E-state index contributed by atoms with van der Waals surface area (Å²) in [5, 5.41) is 0. The van der Waals surface area contributed by atoms with Crippen molar-refractivity contribution in [3.63, 3.8) is 0 Å². The van der Waals surface area contributed by atoms with Crippen LogP contribution in [0.25, 0.3) is 0 Å². The van der Waals surface area contributed by atoms with Gasteiger partial charge in [0.1, 0.15) is 0 Å². The maximum Gasteiger partial charge on any atom is 0.416 e. The molecule has 1 aliphatic rings. The van der Waals surface area contributed by atoms with Crippen LogP contribution in [-0.2, 0) is 28.4 Å². The standard InChI is InChI=1S/C18H19F3N2O2S/c19-18(20,21)14-5-1-3-12(9-14)11-26(24,25)23-17-6-2-4-13-10-15(22)7-8-16(13)17/h1,3,5,7-10,17,23H,2,4,6,11,22H2. The SMILES string of the molecule is Nc1ccc2c(c1)CCCC2NS(=O)(=O)Cc1cccc(C(F)(F)F)c1. The second kappa shape index (κ2) is 6.92. The third-order valence-electron chi connectivity index (χ3n) is 4.41. The number of anilines is 1. The Bertz CT molecular complexity index is 911. The first kappa shape index (κ1) is 18.7. The lowest BCUT2D eigenvalue weighted by molar-refractivity contribution is -0.137. The van der Waals surface area contributed by atoms with Crippen molar-refractivity contribution in [1.29, 1.82) is 0 Å². The average molecular weight is 384 g/mol. The van der Waals surface area contributed by atoms with E-state index in [0.29, 0.717) is 12.1 Å². The minimum Gasteiger partial charge on any atom is -0.399 e. The van der Waals surface area contributed by atoms with Gasteiger partial charge in [0.05, 0.1) is 11.3 Å². The van der Waals surface area contributed by atoms with Crippen molar-refractivity contribution in [3.05, 3.63) is 64.7 Å². The molecule has 0 aliphatic heterocycles. The second-order valence-corrected chi connectivity index (χ2v) is 8.23. The molecule has 0 saturated carbocycles. The van der Waals surface area contributed by atoms with Crippen LogP contribution in [-0.4, -0.2) is 8.42 Å². The molecule has 140 valence electrons. The lowest BCUT2D eigenvalue weighted by Crippen LogP contribution is -2.32. The molecule has 0 radical (unpaired) electrons. The van der Waals surface area contributed by atoms with E-state index in [1.165, 1.54) is 12.1 Å². The van der Waals surface area contributed by atoms with Gasteiger partial charge in [0.15, 0.2) is 0 Å². The third-order valence-corrected chi connectivity index (χ3v) is 5.77. The molecule has 0 heterocycles. The molecule has 2 aromatic rings. The number of fused-ring (bicyclic) bond motifs is 1. The molecule has 8 heteroatoms. The summed E-state index contributed by atoms with van der Waals surface area (Å²) in [6, 6.07) is 9.36. The van der Waals surface area contributed by atoms with Crippen molar-refractivity contribution in [1.82, 2.24) is 4.72 Å². The summed E-state index contributed by atoms with van der Waals surface area (Å²) >= 11 is 0. The number of halogens is 3. The van der Waals surface area contributed by atoms with Crippen LogP contribution < -0.4 is 10.5 Å². The lowest BCUT2D eigenvalue weighted by Gasteiger charge is -2.26. The fourth-order valence-corrected chi connectivity index (χ4v) is 4.65. The summed E-state index contributed by atoms with van der Waals surface area (Å²) in [6.45, 7) is 0. The highest BCUT2D eigenvalue weighted by Gasteiger charge is 2.31. The van der Waals surface area contributed by atoms with Crippen LogP contribution in [0.2, 0.25) is 0 Å². The van der Waals surface area contributed by atoms with Crippen molar-refractivity contribution < 1.29 is 21.6 Å². The summed E-state index contributed by atoms with van der Waals surface area (Å²) < 4.78 is 66.0. The molecule has 1 atom stereocenters. The molecule has 0 saturated heterocycles. The average Bonchev–Trinajstić information content (AvgIpc) is 2.53. The monoisotopic (exact) mass is 384 g/mol. The van der Waals surface area contributed by atoms with Gasteiger partial charge in [-0.15, -0.1) is 0 Å². The zero-order chi connectivity index (χ0) is 18.9. The summed E-state index contributed by atoms with van der Waals surface area (Å²) in [4.78, 5) is 0. The normalized spacial score (nSPS) is 17.7. The molecular formula is C18H19F3N2O2S. The van der Waals surface area contributed by atoms with E-state index >= 15 is 0 Å². The van der Waals surface area contributed by atoms with E-state index < -0.39 is 33.6 Å². The van der Waals surface area contributed by atoms with E-state index in [1.807, 2.05) is 6.07 Å². The van der Waals surface area contributed by atoms with Crippen molar-refractivity contribution in [2.75, 3.05) is 5.73 Å². The van der Waals surface area contributed by atoms with Gasteiger partial charge >= 0.3 is 6.18 Å². The van der Waals surface area contributed by atoms with Crippen LogP contribution >= 0.6 is 0 Å². The molecule has 3 rings (SSSR count). The molecular weight excluding hydrogens is 365 g/mol. The van der Waals surface area contributed by atoms with Crippen LogP contribution in [0.1, 0.15) is 41.1 Å². The van der Waals surface area contributed by atoms with Crippen molar-refractivity contribution in [2.24, 2.45) is 0 Å². The highest BCUT2D eigenvalue weighted by Crippen LogP contribution is 2.32. The highest BCUT2D eigenvalue weighted by atomic mass is 32.2. The fourth-order valence-electron chi connectivity index (χ4n) is 3.27. The molecule has 3 N–H and O–H groups in total. The molecule has 26 heavy (non-hydrogen) atoms. The van der Waals surface area contributed by atoms with Crippen LogP contribution in [0.5, 0.6) is 0 Å². The Balaban J connectivity index is 1.79. The van der Waals surface area contributed by atoms with E-state index in [-0.39, 0.29) is 5.56 Å². The van der Waals surface area contributed by atoms with Gasteiger partial charge in [0.25, 0.3) is 0 Å². The van der Waals surface area contributed by atoms with Gasteiger partial charge in [-0.3, -0.25) is 0 Å². The quantitative estimate of drug-likeness (QED) is 0.788. The number of alkyl halides is 3. The van der Waals surface area contributed by atoms with Gasteiger partial charge in [-0.1, -0.05) is 24.3 Å². The number of nitrogens with one attached hydrogen (secondary N) is 1. The Morgan fingerprint density at radius 2 is 1.92 bits per heavy atom. The van der Waals surface area contributed by atoms with Gasteiger partial charge in [-0.2, -0.15) is 13.2 Å². The zero-order valence-corrected chi connectivity index (χ0v) is 14.7. The number of hydrogen-bond donors (Lipinski definition) is 2. The van der Waals surface area contributed by atoms with Gasteiger partial charge in [0.2, 0.25) is 10.0 Å². The van der Waals surface area contributed by atoms with Crippen LogP contribution in [0.15, 0.2) is 42.5 Å². The largest absolute Gasteiger partial charge is 0.416 e. The van der Waals surface area contributed by atoms with Crippen molar-refractivity contribution in [3.8, 4) is 0 Å². The van der Waals surface area contributed by atoms with Crippen LogP contribution in [0, 0.1) is 0 Å². The predicted octanol–water partition coefficient (Wildman–Crippen LogP) is 3.78. The second-order valence-electron chi connectivity index (χ2n) is 6.48. The molecule has 4 nitrogen and oxygen atoms in total. The topological polar surface area (TPSA) is 72.2 Å². The maximum absolute atomic E-state index is 12.8. The first-order chi connectivity index (χ1) is 12.1. The number of rotatable bonds is 4. The molecule has 0 fully saturated rings. The minimum atomic E-state index is -4.50. The molecule has 1 unspecified atom stereocenters. The van der Waals surface area contributed by atoms with Gasteiger partial charge in [-0.05, 0) is 54.2 Å². The smallest absolute Gasteiger partial charge is 0.399 e. The molecule has 0 bridgehead atoms. The number of benzene rings is 2. The summed E-state index contributed by atoms with van der Waals surface area (Å²) in [6.07, 6.45) is -2.23. The van der Waals surface area contributed by atoms with E-state index in [4.69, 9.17) is 5.73 Å². The molecule has 0 aromatic heterocycles. The van der Waals surface area contributed by atoms with E-state index in [9.17, 15) is 21.6 Å². The minimum absolute atomic E-state index is 0.0978. The Labute approximate surface area is 150 Å². The lowest BCUT2D eigenvalue weighted by atomic mass is 9.88. The predicted molar refractivity (Wildman–Crippen MR) is 93.7 cm³/mol.